The standard InChI is InChI=1S/C21H21Cl2NO6/c22-13-5-6-14(23)17-16(13)11(7-10-1-3-12(26)4-2-10)8-24(17)21-20(29)19(28)18(27)15(9-25)30-21/h1-6,8,15,18-21,25-29H,7,9H2/t15-,18-,19+,20-,21-/m1/s1. The fraction of sp³-hybridized carbons (Fsp3) is 0.333. The molecule has 160 valence electrons. The molecule has 1 saturated heterocycles. The van der Waals surface area contributed by atoms with E-state index in [2.05, 4.69) is 0 Å². The summed E-state index contributed by atoms with van der Waals surface area (Å²) in [5, 5.41) is 51.4. The fourth-order valence-corrected chi connectivity index (χ4v) is 4.41. The van der Waals surface area contributed by atoms with Crippen molar-refractivity contribution in [3.8, 4) is 5.75 Å². The first-order valence-electron chi connectivity index (χ1n) is 9.37. The predicted molar refractivity (Wildman–Crippen MR) is 112 cm³/mol. The Morgan fingerprint density at radius 1 is 0.900 bits per heavy atom. The summed E-state index contributed by atoms with van der Waals surface area (Å²) in [6.45, 7) is -0.532. The number of ether oxygens (including phenoxy) is 1. The van der Waals surface area contributed by atoms with Crippen molar-refractivity contribution in [2.45, 2.75) is 37.1 Å². The van der Waals surface area contributed by atoms with Crippen molar-refractivity contribution in [1.82, 2.24) is 4.57 Å². The summed E-state index contributed by atoms with van der Waals surface area (Å²) in [5.74, 6) is 0.156. The quantitative estimate of drug-likeness (QED) is 0.413. The van der Waals surface area contributed by atoms with Crippen LogP contribution in [0.25, 0.3) is 10.9 Å². The average molecular weight is 454 g/mol. The number of aliphatic hydroxyl groups excluding tert-OH is 4. The topological polar surface area (TPSA) is 115 Å². The van der Waals surface area contributed by atoms with Gasteiger partial charge in [0.15, 0.2) is 6.23 Å². The normalized spacial score (nSPS) is 26.9. The van der Waals surface area contributed by atoms with Gasteiger partial charge in [-0.3, -0.25) is 0 Å². The Labute approximate surface area is 182 Å². The maximum absolute atomic E-state index is 10.6. The lowest BCUT2D eigenvalue weighted by molar-refractivity contribution is -0.250. The van der Waals surface area contributed by atoms with Gasteiger partial charge >= 0.3 is 0 Å². The SMILES string of the molecule is OC[C@H]1O[C@@H](n2cc(Cc3ccc(O)cc3)c3c(Cl)ccc(Cl)c32)[C@H](O)[C@@H](O)[C@@H]1O. The Balaban J connectivity index is 1.84. The lowest BCUT2D eigenvalue weighted by Gasteiger charge is -2.40. The van der Waals surface area contributed by atoms with E-state index in [-0.39, 0.29) is 5.75 Å². The van der Waals surface area contributed by atoms with Gasteiger partial charge in [-0.25, -0.2) is 0 Å². The molecule has 0 radical (unpaired) electrons. The highest BCUT2D eigenvalue weighted by Gasteiger charge is 2.44. The highest BCUT2D eigenvalue weighted by Crippen LogP contribution is 2.39. The minimum atomic E-state index is -1.52. The second-order valence-electron chi connectivity index (χ2n) is 7.38. The fourth-order valence-electron chi connectivity index (χ4n) is 3.88. The number of aromatic nitrogens is 1. The molecule has 9 heteroatoms. The number of aromatic hydroxyl groups is 1. The lowest BCUT2D eigenvalue weighted by Crippen LogP contribution is -2.56. The van der Waals surface area contributed by atoms with Gasteiger partial charge < -0.3 is 34.8 Å². The van der Waals surface area contributed by atoms with Crippen LogP contribution in [0.5, 0.6) is 5.75 Å². The average Bonchev–Trinajstić information content (AvgIpc) is 3.11. The first kappa shape index (κ1) is 21.4. The molecule has 30 heavy (non-hydrogen) atoms. The van der Waals surface area contributed by atoms with Crippen molar-refractivity contribution in [2.75, 3.05) is 6.61 Å². The molecule has 5 N–H and O–H groups in total. The zero-order chi connectivity index (χ0) is 21.6. The molecule has 3 aromatic rings. The summed E-state index contributed by atoms with van der Waals surface area (Å²) >= 11 is 12.9. The highest BCUT2D eigenvalue weighted by atomic mass is 35.5. The van der Waals surface area contributed by atoms with E-state index in [0.717, 1.165) is 11.1 Å². The van der Waals surface area contributed by atoms with Crippen molar-refractivity contribution >= 4 is 34.1 Å². The summed E-state index contributed by atoms with van der Waals surface area (Å²) in [7, 11) is 0. The summed E-state index contributed by atoms with van der Waals surface area (Å²) in [6.07, 6.45) is -4.41. The van der Waals surface area contributed by atoms with Crippen molar-refractivity contribution in [1.29, 1.82) is 0 Å². The molecule has 0 saturated carbocycles. The smallest absolute Gasteiger partial charge is 0.163 e. The number of hydrogen-bond donors (Lipinski definition) is 5. The molecule has 2 heterocycles. The van der Waals surface area contributed by atoms with Crippen molar-refractivity contribution in [2.24, 2.45) is 0 Å². The van der Waals surface area contributed by atoms with Gasteiger partial charge in [0, 0.05) is 11.6 Å². The molecule has 4 rings (SSSR count). The Morgan fingerprint density at radius 2 is 1.57 bits per heavy atom. The minimum Gasteiger partial charge on any atom is -0.508 e. The zero-order valence-electron chi connectivity index (χ0n) is 15.7. The Bertz CT molecular complexity index is 1050. The Kier molecular flexibility index (Phi) is 5.96. The minimum absolute atomic E-state index is 0.156. The summed E-state index contributed by atoms with van der Waals surface area (Å²) in [4.78, 5) is 0. The van der Waals surface area contributed by atoms with Crippen LogP contribution in [0.2, 0.25) is 10.0 Å². The molecule has 7 nitrogen and oxygen atoms in total. The number of hydrogen-bond acceptors (Lipinski definition) is 6. The summed E-state index contributed by atoms with van der Waals surface area (Å²) < 4.78 is 7.29. The van der Waals surface area contributed by atoms with Crippen molar-refractivity contribution < 1.29 is 30.3 Å². The number of benzene rings is 2. The first-order chi connectivity index (χ1) is 14.3. The molecule has 1 aliphatic rings. The number of fused-ring (bicyclic) bond motifs is 1. The van der Waals surface area contributed by atoms with E-state index in [1.807, 2.05) is 0 Å². The largest absolute Gasteiger partial charge is 0.508 e. The van der Waals surface area contributed by atoms with E-state index in [0.29, 0.717) is 27.4 Å². The van der Waals surface area contributed by atoms with Gasteiger partial charge in [-0.15, -0.1) is 0 Å². The van der Waals surface area contributed by atoms with Gasteiger partial charge in [0.05, 0.1) is 22.2 Å². The number of halogens is 2. The van der Waals surface area contributed by atoms with Gasteiger partial charge in [-0.2, -0.15) is 0 Å². The van der Waals surface area contributed by atoms with Crippen molar-refractivity contribution in [3.05, 3.63) is 63.8 Å². The zero-order valence-corrected chi connectivity index (χ0v) is 17.2. The van der Waals surface area contributed by atoms with E-state index < -0.39 is 37.3 Å². The molecule has 2 aromatic carbocycles. The van der Waals surface area contributed by atoms with Gasteiger partial charge in [-0.1, -0.05) is 35.3 Å². The second-order valence-corrected chi connectivity index (χ2v) is 8.19. The summed E-state index contributed by atoms with van der Waals surface area (Å²) in [5.41, 5.74) is 2.21. The monoisotopic (exact) mass is 453 g/mol. The molecule has 5 atom stereocenters. The van der Waals surface area contributed by atoms with E-state index in [9.17, 15) is 25.5 Å². The van der Waals surface area contributed by atoms with Crippen LogP contribution in [0.4, 0.5) is 0 Å². The van der Waals surface area contributed by atoms with Gasteiger partial charge in [-0.05, 0) is 41.8 Å². The lowest BCUT2D eigenvalue weighted by atomic mass is 9.98. The van der Waals surface area contributed by atoms with Crippen LogP contribution in [0.15, 0.2) is 42.6 Å². The third kappa shape index (κ3) is 3.67. The number of phenolic OH excluding ortho intramolecular Hbond substituents is 1. The van der Waals surface area contributed by atoms with E-state index in [1.165, 1.54) is 0 Å². The molecule has 0 spiro atoms. The van der Waals surface area contributed by atoms with Crippen LogP contribution >= 0.6 is 23.2 Å². The second kappa shape index (κ2) is 8.36. The third-order valence-corrected chi connectivity index (χ3v) is 6.04. The van der Waals surface area contributed by atoms with E-state index >= 15 is 0 Å². The molecular weight excluding hydrogens is 433 g/mol. The van der Waals surface area contributed by atoms with Crippen LogP contribution in [0, 0.1) is 0 Å². The number of rotatable bonds is 4. The van der Waals surface area contributed by atoms with E-state index in [4.69, 9.17) is 27.9 Å². The van der Waals surface area contributed by atoms with Gasteiger partial charge in [0.25, 0.3) is 0 Å². The molecule has 0 unspecified atom stereocenters. The van der Waals surface area contributed by atoms with Crippen LogP contribution in [-0.2, 0) is 11.2 Å². The van der Waals surface area contributed by atoms with Crippen LogP contribution in [-0.4, -0.2) is 61.1 Å². The molecule has 1 aliphatic heterocycles. The molecule has 1 aromatic heterocycles. The van der Waals surface area contributed by atoms with Gasteiger partial charge in [0.2, 0.25) is 0 Å². The summed E-state index contributed by atoms with van der Waals surface area (Å²) in [6, 6.07) is 10.0. The highest BCUT2D eigenvalue weighted by molar-refractivity contribution is 6.40. The van der Waals surface area contributed by atoms with Crippen molar-refractivity contribution in [3.63, 3.8) is 0 Å². The predicted octanol–water partition coefficient (Wildman–Crippen LogP) is 2.22. The number of aliphatic hydroxyl groups is 4. The molecule has 0 aliphatic carbocycles. The Morgan fingerprint density at radius 3 is 2.23 bits per heavy atom. The van der Waals surface area contributed by atoms with Crippen LogP contribution in [0.1, 0.15) is 17.4 Å². The van der Waals surface area contributed by atoms with Crippen LogP contribution in [0.3, 0.4) is 0 Å². The van der Waals surface area contributed by atoms with Gasteiger partial charge in [0.1, 0.15) is 30.2 Å². The van der Waals surface area contributed by atoms with Crippen LogP contribution < -0.4 is 0 Å². The maximum atomic E-state index is 10.6. The molecule has 1 fully saturated rings. The third-order valence-electron chi connectivity index (χ3n) is 5.42. The molecule has 0 bridgehead atoms. The molecule has 0 amide bonds. The molecular formula is C21H21Cl2NO6. The number of nitrogens with zero attached hydrogens (tertiary/aromatic N) is 1. The number of phenols is 1. The first-order valence-corrected chi connectivity index (χ1v) is 10.1. The Hall–Kier alpha value is -1.84. The maximum Gasteiger partial charge on any atom is 0.163 e. The van der Waals surface area contributed by atoms with E-state index in [1.54, 1.807) is 47.2 Å².